The van der Waals surface area contributed by atoms with Crippen LogP contribution in [0.1, 0.15) is 27.2 Å². The Morgan fingerprint density at radius 3 is 2.49 bits per heavy atom. The van der Waals surface area contributed by atoms with Crippen LogP contribution < -0.4 is 10.1 Å². The highest BCUT2D eigenvalue weighted by Gasteiger charge is 2.34. The molecule has 2 aromatic carbocycles. The van der Waals surface area contributed by atoms with Crippen LogP contribution in [0.25, 0.3) is 10.9 Å². The number of amides is 1. The van der Waals surface area contributed by atoms with Gasteiger partial charge in [-0.1, -0.05) is 6.07 Å². The number of carbonyl (C=O) groups excluding carboxylic acids is 1. The Balaban J connectivity index is 1.50. The third-order valence-corrected chi connectivity index (χ3v) is 7.21. The fourth-order valence-electron chi connectivity index (χ4n) is 4.91. The second kappa shape index (κ2) is 11.8. The predicted molar refractivity (Wildman–Crippen MR) is 151 cm³/mol. The summed E-state index contributed by atoms with van der Waals surface area (Å²) in [6, 6.07) is 6.04. The molecule has 1 aliphatic rings. The number of H-pyrrole nitrogens is 1. The molecule has 0 bridgehead atoms. The van der Waals surface area contributed by atoms with E-state index in [9.17, 15) is 22.4 Å². The average molecular weight is 604 g/mol. The average Bonchev–Trinajstić information content (AvgIpc) is 3.35. The highest BCUT2D eigenvalue weighted by Crippen LogP contribution is 2.37. The molecule has 228 valence electrons. The van der Waals surface area contributed by atoms with Crippen molar-refractivity contribution in [2.24, 2.45) is 0 Å². The lowest BCUT2D eigenvalue weighted by Crippen LogP contribution is -2.44. The highest BCUT2D eigenvalue weighted by molar-refractivity contribution is 6.01. The molecule has 0 spiro atoms. The number of piperazine rings is 1. The van der Waals surface area contributed by atoms with Gasteiger partial charge in [0.1, 0.15) is 11.9 Å². The number of nitrogens with one attached hydrogen (secondary N) is 2. The molecular weight excluding hydrogens is 573 g/mol. The predicted octanol–water partition coefficient (Wildman–Crippen LogP) is 5.55. The number of aromatic amines is 1. The summed E-state index contributed by atoms with van der Waals surface area (Å²) in [7, 11) is 4.84. The number of hydrogen-bond donors (Lipinski definition) is 2. The Labute approximate surface area is 244 Å². The first-order valence-corrected chi connectivity index (χ1v) is 13.4. The maximum Gasteiger partial charge on any atom is 0.416 e. The van der Waals surface area contributed by atoms with E-state index < -0.39 is 40.9 Å². The minimum absolute atomic E-state index is 0.00773. The maximum atomic E-state index is 15.3. The molecule has 0 saturated carbocycles. The van der Waals surface area contributed by atoms with Gasteiger partial charge in [0.25, 0.3) is 5.91 Å². The zero-order valence-corrected chi connectivity index (χ0v) is 23.9. The van der Waals surface area contributed by atoms with Gasteiger partial charge in [0.15, 0.2) is 23.2 Å². The van der Waals surface area contributed by atoms with Crippen molar-refractivity contribution in [3.63, 3.8) is 0 Å². The number of aromatic nitrogens is 3. The molecule has 0 unspecified atom stereocenters. The van der Waals surface area contributed by atoms with Crippen LogP contribution in [0.15, 0.2) is 36.7 Å². The first kappa shape index (κ1) is 30.2. The second-order valence-corrected chi connectivity index (χ2v) is 10.7. The quantitative estimate of drug-likeness (QED) is 0.268. The van der Waals surface area contributed by atoms with Crippen molar-refractivity contribution in [3.05, 3.63) is 70.7 Å². The molecule has 14 heteroatoms. The molecule has 4 aromatic rings. The summed E-state index contributed by atoms with van der Waals surface area (Å²) in [5.41, 5.74) is -0.508. The van der Waals surface area contributed by atoms with Crippen molar-refractivity contribution in [2.45, 2.75) is 19.6 Å². The summed E-state index contributed by atoms with van der Waals surface area (Å²) >= 11 is 0. The standard InChI is InChI=1S/C29H30F5N7O2/c1-16-11-19-24(31)22(13-21(30)25(19)37-16)43-27-23(28(42)39(2)3)26(35-15-36-27)38-18-6-5-17(20(12-18)29(32,33)34)14-41-9-7-40(4)8-10-41/h5-6,11-13,15,37H,7-10,14H2,1-4H3,(H,35,36,38). The van der Waals surface area contributed by atoms with Crippen molar-refractivity contribution in [2.75, 3.05) is 52.6 Å². The Hall–Kier alpha value is -4.30. The zero-order valence-electron chi connectivity index (χ0n) is 23.9. The second-order valence-electron chi connectivity index (χ2n) is 10.7. The number of fused-ring (bicyclic) bond motifs is 1. The van der Waals surface area contributed by atoms with Crippen molar-refractivity contribution in [1.29, 1.82) is 0 Å². The maximum absolute atomic E-state index is 15.3. The SMILES string of the molecule is Cc1cc2c(F)c(Oc3ncnc(Nc4ccc(CN5CCN(C)CC5)c(C(F)(F)F)c4)c3C(=O)N(C)C)cc(F)c2[nH]1. The molecule has 1 amide bonds. The fourth-order valence-corrected chi connectivity index (χ4v) is 4.91. The molecule has 2 N–H and O–H groups in total. The molecule has 5 rings (SSSR count). The fraction of sp³-hybridized carbons (Fsp3) is 0.345. The summed E-state index contributed by atoms with van der Waals surface area (Å²) in [6.07, 6.45) is -3.64. The molecule has 0 radical (unpaired) electrons. The van der Waals surface area contributed by atoms with E-state index in [-0.39, 0.29) is 40.1 Å². The van der Waals surface area contributed by atoms with Gasteiger partial charge in [0, 0.05) is 69.7 Å². The van der Waals surface area contributed by atoms with Gasteiger partial charge in [-0.15, -0.1) is 0 Å². The molecule has 0 aliphatic carbocycles. The van der Waals surface area contributed by atoms with Crippen LogP contribution in [0, 0.1) is 18.6 Å². The number of aryl methyl sites for hydroxylation is 1. The van der Waals surface area contributed by atoms with E-state index in [2.05, 4.69) is 25.2 Å². The smallest absolute Gasteiger partial charge is 0.416 e. The Bertz CT molecular complexity index is 1660. The largest absolute Gasteiger partial charge is 0.435 e. The number of halogens is 5. The van der Waals surface area contributed by atoms with Crippen LogP contribution >= 0.6 is 0 Å². The summed E-state index contributed by atoms with van der Waals surface area (Å²) in [5, 5.41) is 2.71. The van der Waals surface area contributed by atoms with E-state index in [1.807, 2.05) is 11.9 Å². The first-order chi connectivity index (χ1) is 20.3. The zero-order chi connectivity index (χ0) is 31.1. The number of anilines is 2. The van der Waals surface area contributed by atoms with E-state index in [1.54, 1.807) is 6.92 Å². The van der Waals surface area contributed by atoms with Crippen LogP contribution in [-0.4, -0.2) is 82.9 Å². The number of likely N-dealkylation sites (N-methyl/N-ethyl adjacent to an activating group) is 1. The van der Waals surface area contributed by atoms with E-state index >= 15 is 4.39 Å². The third kappa shape index (κ3) is 6.39. The van der Waals surface area contributed by atoms with Crippen molar-refractivity contribution in [3.8, 4) is 11.6 Å². The van der Waals surface area contributed by atoms with Gasteiger partial charge in [-0.3, -0.25) is 9.69 Å². The van der Waals surface area contributed by atoms with Gasteiger partial charge >= 0.3 is 6.18 Å². The Morgan fingerprint density at radius 1 is 1.09 bits per heavy atom. The van der Waals surface area contributed by atoms with Crippen LogP contribution in [-0.2, 0) is 12.7 Å². The van der Waals surface area contributed by atoms with Gasteiger partial charge in [0.2, 0.25) is 5.88 Å². The van der Waals surface area contributed by atoms with Gasteiger partial charge in [-0.2, -0.15) is 13.2 Å². The van der Waals surface area contributed by atoms with E-state index in [4.69, 9.17) is 4.74 Å². The lowest BCUT2D eigenvalue weighted by Gasteiger charge is -2.33. The topological polar surface area (TPSA) is 89.6 Å². The normalized spacial score (nSPS) is 14.7. The Morgan fingerprint density at radius 2 is 1.81 bits per heavy atom. The third-order valence-electron chi connectivity index (χ3n) is 7.21. The molecule has 43 heavy (non-hydrogen) atoms. The lowest BCUT2D eigenvalue weighted by molar-refractivity contribution is -0.138. The molecule has 0 atom stereocenters. The van der Waals surface area contributed by atoms with Crippen LogP contribution in [0.2, 0.25) is 0 Å². The molecule has 2 aromatic heterocycles. The lowest BCUT2D eigenvalue weighted by atomic mass is 10.0. The minimum atomic E-state index is -4.64. The number of nitrogens with zero attached hydrogens (tertiary/aromatic N) is 5. The van der Waals surface area contributed by atoms with E-state index in [1.165, 1.54) is 37.2 Å². The van der Waals surface area contributed by atoms with Crippen molar-refractivity contribution < 1.29 is 31.5 Å². The molecule has 1 aliphatic heterocycles. The number of ether oxygens (including phenoxy) is 1. The van der Waals surface area contributed by atoms with Gasteiger partial charge in [-0.05, 0) is 37.7 Å². The molecule has 1 fully saturated rings. The Kier molecular flexibility index (Phi) is 8.25. The summed E-state index contributed by atoms with van der Waals surface area (Å²) in [5.74, 6) is -3.48. The van der Waals surface area contributed by atoms with Crippen LogP contribution in [0.4, 0.5) is 33.5 Å². The number of benzene rings is 2. The molecular formula is C29H30F5N7O2. The summed E-state index contributed by atoms with van der Waals surface area (Å²) < 4.78 is 78.1. The van der Waals surface area contributed by atoms with Crippen LogP contribution in [0.5, 0.6) is 11.6 Å². The van der Waals surface area contributed by atoms with Crippen molar-refractivity contribution in [1.82, 2.24) is 29.7 Å². The first-order valence-electron chi connectivity index (χ1n) is 13.4. The minimum Gasteiger partial charge on any atom is -0.435 e. The molecule has 1 saturated heterocycles. The van der Waals surface area contributed by atoms with E-state index in [0.717, 1.165) is 31.5 Å². The summed E-state index contributed by atoms with van der Waals surface area (Å²) in [4.78, 5) is 29.3. The van der Waals surface area contributed by atoms with Gasteiger partial charge < -0.3 is 24.8 Å². The van der Waals surface area contributed by atoms with Gasteiger partial charge in [0.05, 0.1) is 11.1 Å². The van der Waals surface area contributed by atoms with Crippen molar-refractivity contribution >= 4 is 28.3 Å². The number of carbonyl (C=O) groups is 1. The number of alkyl halides is 3. The molecule has 9 nitrogen and oxygen atoms in total. The highest BCUT2D eigenvalue weighted by atomic mass is 19.4. The number of rotatable bonds is 7. The monoisotopic (exact) mass is 603 g/mol. The van der Waals surface area contributed by atoms with E-state index in [0.29, 0.717) is 18.8 Å². The number of hydrogen-bond acceptors (Lipinski definition) is 7. The van der Waals surface area contributed by atoms with Gasteiger partial charge in [-0.25, -0.2) is 18.7 Å². The summed E-state index contributed by atoms with van der Waals surface area (Å²) in [6.45, 7) is 4.59. The molecule has 3 heterocycles. The van der Waals surface area contributed by atoms with Crippen LogP contribution in [0.3, 0.4) is 0 Å².